The number of H-pyrrole nitrogens is 1. The van der Waals surface area contributed by atoms with Crippen LogP contribution in [0, 0.1) is 18.3 Å². The Kier molecular flexibility index (Phi) is 2.63. The summed E-state index contributed by atoms with van der Waals surface area (Å²) in [5.74, 6) is 0.0641. The number of nitrogens with zero attached hydrogens (tertiary/aromatic N) is 2. The van der Waals surface area contributed by atoms with Gasteiger partial charge in [-0.15, -0.1) is 0 Å². The zero-order valence-corrected chi connectivity index (χ0v) is 9.19. The molecule has 1 aromatic heterocycles. The van der Waals surface area contributed by atoms with Crippen molar-refractivity contribution >= 4 is 5.95 Å². The molecule has 0 bridgehead atoms. The molecule has 0 radical (unpaired) electrons. The van der Waals surface area contributed by atoms with Crippen LogP contribution in [0.3, 0.4) is 0 Å². The Morgan fingerprint density at radius 1 is 1.47 bits per heavy atom. The van der Waals surface area contributed by atoms with Crippen LogP contribution < -0.4 is 11.3 Å². The molecule has 0 aliphatic carbocycles. The Morgan fingerprint density at radius 2 is 2.24 bits per heavy atom. The molecule has 0 unspecified atom stereocenters. The van der Waals surface area contributed by atoms with Crippen LogP contribution >= 0.6 is 0 Å². The molecule has 5 nitrogen and oxygen atoms in total. The van der Waals surface area contributed by atoms with Gasteiger partial charge in [0.05, 0.1) is 17.3 Å². The zero-order valence-electron chi connectivity index (χ0n) is 9.19. The Labute approximate surface area is 97.6 Å². The number of nitrogen functional groups attached to an aromatic ring is 1. The van der Waals surface area contributed by atoms with Crippen LogP contribution in [-0.2, 0) is 0 Å². The fourth-order valence-corrected chi connectivity index (χ4v) is 1.65. The number of anilines is 1. The standard InChI is InChI=1S/C12H10N4O/c1-7-8(6-13)3-2-4-9(7)10-5-11(17)16-12(14)15-10/h2-5H,1H3,(H3,14,15,16,17). The van der Waals surface area contributed by atoms with E-state index in [4.69, 9.17) is 11.0 Å². The summed E-state index contributed by atoms with van der Waals surface area (Å²) in [4.78, 5) is 17.7. The normalized spacial score (nSPS) is 9.88. The monoisotopic (exact) mass is 226 g/mol. The summed E-state index contributed by atoms with van der Waals surface area (Å²) < 4.78 is 0. The van der Waals surface area contributed by atoms with Crippen LogP contribution in [0.5, 0.6) is 0 Å². The average molecular weight is 226 g/mol. The molecule has 2 aromatic rings. The topological polar surface area (TPSA) is 95.6 Å². The highest BCUT2D eigenvalue weighted by atomic mass is 16.1. The van der Waals surface area contributed by atoms with Crippen molar-refractivity contribution in [1.82, 2.24) is 9.97 Å². The second-order valence-corrected chi connectivity index (χ2v) is 3.61. The molecular weight excluding hydrogens is 216 g/mol. The minimum atomic E-state index is -0.311. The molecule has 1 heterocycles. The number of nitriles is 1. The summed E-state index contributed by atoms with van der Waals surface area (Å²) in [6.07, 6.45) is 0. The zero-order chi connectivity index (χ0) is 12.4. The van der Waals surface area contributed by atoms with Gasteiger partial charge in [0.2, 0.25) is 5.95 Å². The van der Waals surface area contributed by atoms with Crippen molar-refractivity contribution in [3.8, 4) is 17.3 Å². The number of rotatable bonds is 1. The highest BCUT2D eigenvalue weighted by Gasteiger charge is 2.08. The first-order valence-corrected chi connectivity index (χ1v) is 4.98. The molecule has 5 heteroatoms. The molecule has 0 spiro atoms. The van der Waals surface area contributed by atoms with Gasteiger partial charge in [0.25, 0.3) is 5.56 Å². The number of benzene rings is 1. The third-order valence-electron chi connectivity index (χ3n) is 2.49. The molecule has 0 fully saturated rings. The second-order valence-electron chi connectivity index (χ2n) is 3.61. The van der Waals surface area contributed by atoms with Gasteiger partial charge >= 0.3 is 0 Å². The van der Waals surface area contributed by atoms with Gasteiger partial charge < -0.3 is 5.73 Å². The average Bonchev–Trinajstić information content (AvgIpc) is 2.28. The van der Waals surface area contributed by atoms with E-state index in [2.05, 4.69) is 16.0 Å². The van der Waals surface area contributed by atoms with Crippen LogP contribution in [0.4, 0.5) is 5.95 Å². The molecule has 3 N–H and O–H groups in total. The van der Waals surface area contributed by atoms with Crippen LogP contribution in [0.2, 0.25) is 0 Å². The minimum absolute atomic E-state index is 0.0641. The van der Waals surface area contributed by atoms with Crippen LogP contribution in [0.1, 0.15) is 11.1 Å². The van der Waals surface area contributed by atoms with E-state index in [1.54, 1.807) is 18.2 Å². The fourth-order valence-electron chi connectivity index (χ4n) is 1.65. The van der Waals surface area contributed by atoms with Crippen molar-refractivity contribution in [3.63, 3.8) is 0 Å². The second kappa shape index (κ2) is 4.10. The SMILES string of the molecule is Cc1c(C#N)cccc1-c1cc(=O)[nH]c(N)n1. The molecule has 0 aliphatic heterocycles. The third-order valence-corrected chi connectivity index (χ3v) is 2.49. The number of aromatic nitrogens is 2. The molecule has 0 saturated heterocycles. The molecular formula is C12H10N4O. The molecule has 0 amide bonds. The van der Waals surface area contributed by atoms with Gasteiger partial charge in [-0.3, -0.25) is 9.78 Å². The van der Waals surface area contributed by atoms with Gasteiger partial charge in [-0.1, -0.05) is 12.1 Å². The van der Waals surface area contributed by atoms with E-state index in [0.29, 0.717) is 11.3 Å². The predicted octanol–water partition coefficient (Wildman–Crippen LogP) is 1.20. The maximum absolute atomic E-state index is 11.3. The van der Waals surface area contributed by atoms with E-state index in [-0.39, 0.29) is 11.5 Å². The molecule has 0 saturated carbocycles. The van der Waals surface area contributed by atoms with Crippen molar-refractivity contribution in [2.24, 2.45) is 0 Å². The van der Waals surface area contributed by atoms with Gasteiger partial charge in [0.1, 0.15) is 0 Å². The summed E-state index contributed by atoms with van der Waals surface area (Å²) in [5, 5.41) is 8.94. The van der Waals surface area contributed by atoms with Crippen molar-refractivity contribution in [3.05, 3.63) is 45.7 Å². The van der Waals surface area contributed by atoms with E-state index in [0.717, 1.165) is 11.1 Å². The third kappa shape index (κ3) is 2.01. The largest absolute Gasteiger partial charge is 0.369 e. The smallest absolute Gasteiger partial charge is 0.252 e. The van der Waals surface area contributed by atoms with E-state index < -0.39 is 0 Å². The van der Waals surface area contributed by atoms with E-state index in [9.17, 15) is 4.79 Å². The number of nitrogens with one attached hydrogen (secondary N) is 1. The van der Waals surface area contributed by atoms with Gasteiger partial charge in [-0.2, -0.15) is 5.26 Å². The van der Waals surface area contributed by atoms with E-state index in [1.165, 1.54) is 6.07 Å². The van der Waals surface area contributed by atoms with Crippen LogP contribution in [0.15, 0.2) is 29.1 Å². The minimum Gasteiger partial charge on any atom is -0.369 e. The van der Waals surface area contributed by atoms with Crippen LogP contribution in [0.25, 0.3) is 11.3 Å². The Morgan fingerprint density at radius 3 is 2.88 bits per heavy atom. The molecule has 84 valence electrons. The first-order valence-electron chi connectivity index (χ1n) is 4.98. The Bertz CT molecular complexity index is 667. The molecule has 0 atom stereocenters. The predicted molar refractivity (Wildman–Crippen MR) is 64.2 cm³/mol. The van der Waals surface area contributed by atoms with Crippen molar-refractivity contribution < 1.29 is 0 Å². The molecule has 0 aliphatic rings. The summed E-state index contributed by atoms with van der Waals surface area (Å²) in [5.41, 5.74) is 7.73. The lowest BCUT2D eigenvalue weighted by atomic mass is 10.0. The Hall–Kier alpha value is -2.61. The molecule has 1 aromatic carbocycles. The summed E-state index contributed by atoms with van der Waals surface area (Å²) in [6, 6.07) is 8.72. The maximum atomic E-state index is 11.3. The van der Waals surface area contributed by atoms with Gasteiger partial charge in [0.15, 0.2) is 0 Å². The quantitative estimate of drug-likeness (QED) is 0.763. The number of nitrogens with two attached hydrogens (primary N) is 1. The Balaban J connectivity index is 2.69. The van der Waals surface area contributed by atoms with Gasteiger partial charge in [-0.05, 0) is 18.6 Å². The molecule has 17 heavy (non-hydrogen) atoms. The first kappa shape index (κ1) is 10.9. The fraction of sp³-hybridized carbons (Fsp3) is 0.0833. The highest BCUT2D eigenvalue weighted by Crippen LogP contribution is 2.22. The first-order chi connectivity index (χ1) is 8.11. The molecule has 2 rings (SSSR count). The lowest BCUT2D eigenvalue weighted by Crippen LogP contribution is -2.10. The highest BCUT2D eigenvalue weighted by molar-refractivity contribution is 5.67. The van der Waals surface area contributed by atoms with Crippen molar-refractivity contribution in [1.29, 1.82) is 5.26 Å². The maximum Gasteiger partial charge on any atom is 0.252 e. The number of hydrogen-bond donors (Lipinski definition) is 2. The van der Waals surface area contributed by atoms with Crippen LogP contribution in [-0.4, -0.2) is 9.97 Å². The number of aromatic amines is 1. The van der Waals surface area contributed by atoms with Gasteiger partial charge in [0, 0.05) is 11.6 Å². The summed E-state index contributed by atoms with van der Waals surface area (Å²) in [7, 11) is 0. The summed E-state index contributed by atoms with van der Waals surface area (Å²) in [6.45, 7) is 1.81. The lowest BCUT2D eigenvalue weighted by molar-refractivity contribution is 1.14. The van der Waals surface area contributed by atoms with E-state index >= 15 is 0 Å². The number of hydrogen-bond acceptors (Lipinski definition) is 4. The van der Waals surface area contributed by atoms with Gasteiger partial charge in [-0.25, -0.2) is 4.98 Å². The van der Waals surface area contributed by atoms with E-state index in [1.807, 2.05) is 6.92 Å². The summed E-state index contributed by atoms with van der Waals surface area (Å²) >= 11 is 0. The van der Waals surface area contributed by atoms with Crippen molar-refractivity contribution in [2.75, 3.05) is 5.73 Å². The lowest BCUT2D eigenvalue weighted by Gasteiger charge is -2.06. The van der Waals surface area contributed by atoms with Crippen molar-refractivity contribution in [2.45, 2.75) is 6.92 Å².